The summed E-state index contributed by atoms with van der Waals surface area (Å²) in [7, 11) is 0. The van der Waals surface area contributed by atoms with Crippen LogP contribution in [0.3, 0.4) is 0 Å². The molecule has 7 N–H and O–H groups in total. The highest BCUT2D eigenvalue weighted by molar-refractivity contribution is 6.10. The molecule has 2 heterocycles. The SMILES string of the molecule is CCCCCC(O)CC(=O)CCc1ccc(O)c(OCN2C=C3C(C4(c5cccc(C(N)N)c5)CCC(CCO)C4)=CN=C3C2)c1. The average Bonchev–Trinajstić information content (AvgIpc) is 3.76. The number of carbonyl (C=O) groups excluding carboxylic acids is 1. The van der Waals surface area contributed by atoms with E-state index in [0.717, 1.165) is 67.4 Å². The third-order valence-corrected chi connectivity index (χ3v) is 9.82. The third-order valence-electron chi connectivity index (χ3n) is 9.82. The summed E-state index contributed by atoms with van der Waals surface area (Å²) in [5.74, 6) is 0.865. The van der Waals surface area contributed by atoms with E-state index in [1.807, 2.05) is 18.3 Å². The molecule has 1 saturated carbocycles. The number of allylic oxidation sites excluding steroid dienone is 1. The summed E-state index contributed by atoms with van der Waals surface area (Å²) >= 11 is 0. The quantitative estimate of drug-likeness (QED) is 0.119. The number of Topliss-reactive ketones (excluding diaryl/α,β-unsaturated/α-hetero) is 1. The van der Waals surface area contributed by atoms with Crippen molar-refractivity contribution < 1.29 is 24.9 Å². The molecule has 0 saturated heterocycles. The zero-order valence-electron chi connectivity index (χ0n) is 27.0. The summed E-state index contributed by atoms with van der Waals surface area (Å²) in [5, 5.41) is 30.4. The molecule has 2 aromatic rings. The largest absolute Gasteiger partial charge is 0.504 e. The lowest BCUT2D eigenvalue weighted by Crippen LogP contribution is -2.28. The third kappa shape index (κ3) is 7.89. The zero-order valence-corrected chi connectivity index (χ0v) is 27.0. The Hall–Kier alpha value is -3.50. The minimum atomic E-state index is -0.577. The van der Waals surface area contributed by atoms with Crippen molar-refractivity contribution in [1.82, 2.24) is 4.90 Å². The Morgan fingerprint density at radius 2 is 2.04 bits per heavy atom. The lowest BCUT2D eigenvalue weighted by Gasteiger charge is -2.33. The lowest BCUT2D eigenvalue weighted by molar-refractivity contribution is -0.121. The van der Waals surface area contributed by atoms with Crippen LogP contribution in [0.4, 0.5) is 0 Å². The predicted molar refractivity (Wildman–Crippen MR) is 180 cm³/mol. The summed E-state index contributed by atoms with van der Waals surface area (Å²) in [5.41, 5.74) is 18.1. The molecule has 3 unspecified atom stereocenters. The first-order valence-electron chi connectivity index (χ1n) is 16.8. The minimum Gasteiger partial charge on any atom is -0.504 e. The Morgan fingerprint density at radius 1 is 1.20 bits per heavy atom. The van der Waals surface area contributed by atoms with Gasteiger partial charge in [0.25, 0.3) is 0 Å². The van der Waals surface area contributed by atoms with E-state index in [9.17, 15) is 20.1 Å². The van der Waals surface area contributed by atoms with E-state index in [4.69, 9.17) is 21.2 Å². The van der Waals surface area contributed by atoms with Gasteiger partial charge in [-0.1, -0.05) is 56.5 Å². The maximum Gasteiger partial charge on any atom is 0.163 e. The highest BCUT2D eigenvalue weighted by atomic mass is 16.5. The average molecular weight is 631 g/mol. The Balaban J connectivity index is 1.24. The number of phenolic OH excluding ortho intramolecular Hbond substituents is 1. The molecule has 3 aliphatic rings. The summed E-state index contributed by atoms with van der Waals surface area (Å²) in [6.45, 7) is 3.11. The number of fused-ring (bicyclic) bond motifs is 1. The lowest BCUT2D eigenvalue weighted by atomic mass is 9.69. The molecule has 1 fully saturated rings. The number of aliphatic hydroxyl groups is 2. The molecule has 5 rings (SSSR count). The van der Waals surface area contributed by atoms with Gasteiger partial charge in [-0.05, 0) is 78.8 Å². The maximum absolute atomic E-state index is 12.4. The highest BCUT2D eigenvalue weighted by Gasteiger charge is 2.47. The first-order valence-corrected chi connectivity index (χ1v) is 16.8. The Labute approximate surface area is 272 Å². The number of hydrogen-bond acceptors (Lipinski definition) is 9. The van der Waals surface area contributed by atoms with E-state index in [0.29, 0.717) is 37.5 Å². The molecule has 9 nitrogen and oxygen atoms in total. The molecule has 248 valence electrons. The molecule has 0 aromatic heterocycles. The molecule has 0 radical (unpaired) electrons. The second-order valence-electron chi connectivity index (χ2n) is 13.2. The summed E-state index contributed by atoms with van der Waals surface area (Å²) < 4.78 is 6.09. The number of aliphatic hydroxyl groups excluding tert-OH is 2. The van der Waals surface area contributed by atoms with Gasteiger partial charge >= 0.3 is 0 Å². The number of aryl methyl sites for hydroxylation is 1. The van der Waals surface area contributed by atoms with Crippen molar-refractivity contribution in [3.05, 3.63) is 82.7 Å². The minimum absolute atomic E-state index is 0.0414. The van der Waals surface area contributed by atoms with Crippen LogP contribution in [0, 0.1) is 5.92 Å². The van der Waals surface area contributed by atoms with E-state index in [2.05, 4.69) is 30.2 Å². The van der Waals surface area contributed by atoms with Crippen molar-refractivity contribution in [3.8, 4) is 11.5 Å². The fourth-order valence-electron chi connectivity index (χ4n) is 7.24. The molecule has 46 heavy (non-hydrogen) atoms. The summed E-state index contributed by atoms with van der Waals surface area (Å²) in [4.78, 5) is 19.3. The predicted octanol–water partition coefficient (Wildman–Crippen LogP) is 5.14. The molecule has 0 spiro atoms. The van der Waals surface area contributed by atoms with Crippen LogP contribution in [0.15, 0.2) is 71.0 Å². The van der Waals surface area contributed by atoms with Gasteiger partial charge in [0, 0.05) is 42.8 Å². The number of hydrogen-bond donors (Lipinski definition) is 5. The van der Waals surface area contributed by atoms with Crippen LogP contribution >= 0.6 is 0 Å². The highest BCUT2D eigenvalue weighted by Crippen LogP contribution is 2.54. The number of nitrogens with two attached hydrogens (primary N) is 2. The number of aliphatic imine (C=N–C) groups is 1. The van der Waals surface area contributed by atoms with Gasteiger partial charge < -0.3 is 36.4 Å². The number of ether oxygens (including phenoxy) is 1. The zero-order chi connectivity index (χ0) is 32.7. The van der Waals surface area contributed by atoms with Gasteiger partial charge in [0.2, 0.25) is 0 Å². The number of carbonyl (C=O) groups is 1. The van der Waals surface area contributed by atoms with Crippen LogP contribution in [0.2, 0.25) is 0 Å². The van der Waals surface area contributed by atoms with Gasteiger partial charge in [0.15, 0.2) is 18.2 Å². The van der Waals surface area contributed by atoms with Crippen molar-refractivity contribution in [2.24, 2.45) is 22.4 Å². The van der Waals surface area contributed by atoms with Gasteiger partial charge in [-0.2, -0.15) is 0 Å². The molecule has 9 heteroatoms. The Morgan fingerprint density at radius 3 is 2.83 bits per heavy atom. The number of benzene rings is 2. The molecule has 3 atom stereocenters. The van der Waals surface area contributed by atoms with Crippen molar-refractivity contribution in [1.29, 1.82) is 0 Å². The van der Waals surface area contributed by atoms with E-state index >= 15 is 0 Å². The monoisotopic (exact) mass is 630 g/mol. The first kappa shape index (κ1) is 33.9. The fourth-order valence-corrected chi connectivity index (χ4v) is 7.24. The van der Waals surface area contributed by atoms with Crippen molar-refractivity contribution in [3.63, 3.8) is 0 Å². The molecular formula is C37H50N4O5. The summed E-state index contributed by atoms with van der Waals surface area (Å²) in [6.07, 6.45) is 11.4. The molecule has 1 aliphatic carbocycles. The van der Waals surface area contributed by atoms with Gasteiger partial charge in [-0.25, -0.2) is 0 Å². The van der Waals surface area contributed by atoms with Gasteiger partial charge in [0.05, 0.1) is 24.5 Å². The number of rotatable bonds is 17. The van der Waals surface area contributed by atoms with Crippen LogP contribution in [0.25, 0.3) is 0 Å². The standard InChI is InChI=1S/C37H50N4O5/c1-2-3-4-8-29(43)19-30(44)11-9-25-10-12-34(45)35(17-25)46-24-41-22-31-32(21-40-33(31)23-41)37(15-13-26(20-37)14-16-42)28-7-5-6-27(18-28)36(38)39/h5-7,10,12,17-18,21-22,26,29,36,42-43,45H,2-4,8-9,11,13-16,19-20,23-24,38-39H2,1H3. The fraction of sp³-hybridized carbons (Fsp3) is 0.514. The molecule has 0 amide bonds. The van der Waals surface area contributed by atoms with Crippen molar-refractivity contribution in [2.75, 3.05) is 19.9 Å². The Bertz CT molecular complexity index is 1470. The summed E-state index contributed by atoms with van der Waals surface area (Å²) in [6, 6.07) is 13.5. The van der Waals surface area contributed by atoms with Crippen LogP contribution in [-0.4, -0.2) is 57.7 Å². The van der Waals surface area contributed by atoms with E-state index in [1.54, 1.807) is 18.2 Å². The Kier molecular flexibility index (Phi) is 11.3. The molecular weight excluding hydrogens is 580 g/mol. The number of ketones is 1. The van der Waals surface area contributed by atoms with Crippen LogP contribution in [0.1, 0.15) is 94.0 Å². The normalized spacial score (nSPS) is 21.3. The molecule has 0 bridgehead atoms. The van der Waals surface area contributed by atoms with E-state index in [1.165, 1.54) is 11.1 Å². The van der Waals surface area contributed by atoms with Crippen LogP contribution in [-0.2, 0) is 16.6 Å². The van der Waals surface area contributed by atoms with Crippen LogP contribution in [0.5, 0.6) is 11.5 Å². The number of nitrogens with zero attached hydrogens (tertiary/aromatic N) is 2. The second-order valence-corrected chi connectivity index (χ2v) is 13.2. The molecule has 2 aromatic carbocycles. The topological polar surface area (TPSA) is 155 Å². The van der Waals surface area contributed by atoms with Crippen LogP contribution < -0.4 is 16.2 Å². The number of phenols is 1. The van der Waals surface area contributed by atoms with Gasteiger partial charge in [-0.15, -0.1) is 0 Å². The smallest absolute Gasteiger partial charge is 0.163 e. The molecule has 2 aliphatic heterocycles. The maximum atomic E-state index is 12.4. The number of aromatic hydroxyl groups is 1. The van der Waals surface area contributed by atoms with Crippen molar-refractivity contribution >= 4 is 11.5 Å². The van der Waals surface area contributed by atoms with Crippen molar-refractivity contribution in [2.45, 2.75) is 95.2 Å². The number of unbranched alkanes of at least 4 members (excludes halogenated alkanes) is 2. The second kappa shape index (κ2) is 15.4. The van der Waals surface area contributed by atoms with Gasteiger partial charge in [0.1, 0.15) is 5.78 Å². The first-order chi connectivity index (χ1) is 22.2. The van der Waals surface area contributed by atoms with E-state index in [-0.39, 0.29) is 36.7 Å². The van der Waals surface area contributed by atoms with E-state index < -0.39 is 12.3 Å². The van der Waals surface area contributed by atoms with Gasteiger partial charge in [-0.3, -0.25) is 9.79 Å².